The van der Waals surface area contributed by atoms with Gasteiger partial charge in [0.25, 0.3) is 0 Å². The van der Waals surface area contributed by atoms with Crippen LogP contribution < -0.4 is 10.1 Å². The van der Waals surface area contributed by atoms with Crippen molar-refractivity contribution in [2.45, 2.75) is 39.8 Å². The molecule has 2 rings (SSSR count). The lowest BCUT2D eigenvalue weighted by molar-refractivity contribution is 0.440. The van der Waals surface area contributed by atoms with Crippen LogP contribution in [0.2, 0.25) is 5.02 Å². The summed E-state index contributed by atoms with van der Waals surface area (Å²) < 4.78 is 5.66. The van der Waals surface area contributed by atoms with Gasteiger partial charge in [-0.2, -0.15) is 0 Å². The van der Waals surface area contributed by atoms with Crippen molar-refractivity contribution in [1.82, 2.24) is 15.3 Å². The van der Waals surface area contributed by atoms with Gasteiger partial charge in [-0.25, -0.2) is 9.97 Å². The molecule has 0 fully saturated rings. The summed E-state index contributed by atoms with van der Waals surface area (Å²) in [4.78, 5) is 8.45. The van der Waals surface area contributed by atoms with Gasteiger partial charge in [0.05, 0.1) is 0 Å². The summed E-state index contributed by atoms with van der Waals surface area (Å²) in [5.74, 6) is 0.698. The summed E-state index contributed by atoms with van der Waals surface area (Å²) in [6.45, 7) is 7.01. The number of nitrogens with zero attached hydrogens (tertiary/aromatic N) is 2. The number of aromatic nitrogens is 2. The Morgan fingerprint density at radius 1 is 1.24 bits per heavy atom. The van der Waals surface area contributed by atoms with E-state index in [2.05, 4.69) is 36.1 Å². The fourth-order valence-electron chi connectivity index (χ4n) is 1.80. The molecule has 1 aromatic carbocycles. The average Bonchev–Trinajstić information content (AvgIpc) is 2.48. The van der Waals surface area contributed by atoms with E-state index in [9.17, 15) is 0 Å². The minimum atomic E-state index is 0.340. The molecule has 1 aromatic heterocycles. The Morgan fingerprint density at radius 2 is 1.95 bits per heavy atom. The highest BCUT2D eigenvalue weighted by molar-refractivity contribution is 6.31. The van der Waals surface area contributed by atoms with Crippen LogP contribution in [0.25, 0.3) is 0 Å². The summed E-state index contributed by atoms with van der Waals surface area (Å²) in [5.41, 5.74) is 2.08. The molecule has 0 radical (unpaired) electrons. The van der Waals surface area contributed by atoms with Crippen molar-refractivity contribution in [1.29, 1.82) is 0 Å². The van der Waals surface area contributed by atoms with Crippen LogP contribution in [0.15, 0.2) is 30.6 Å². The minimum Gasteiger partial charge on any atom is -0.424 e. The van der Waals surface area contributed by atoms with Crippen molar-refractivity contribution in [2.75, 3.05) is 0 Å². The van der Waals surface area contributed by atoms with Gasteiger partial charge in [-0.15, -0.1) is 0 Å². The predicted octanol–water partition coefficient (Wildman–Crippen LogP) is 3.98. The molecule has 0 saturated carbocycles. The molecule has 2 aromatic rings. The number of benzene rings is 1. The second-order valence-corrected chi connectivity index (χ2v) is 5.53. The second kappa shape index (κ2) is 7.38. The Balaban J connectivity index is 2.03. The molecular weight excluding hydrogens is 286 g/mol. The number of hydrogen-bond donors (Lipinski definition) is 1. The SMILES string of the molecule is CCc1cc(Oc2ncc(CNC(C)C)cn2)ccc1Cl. The van der Waals surface area contributed by atoms with Crippen molar-refractivity contribution in [3.05, 3.63) is 46.7 Å². The normalized spacial score (nSPS) is 10.9. The first-order valence-corrected chi connectivity index (χ1v) is 7.47. The first kappa shape index (κ1) is 15.7. The van der Waals surface area contributed by atoms with Crippen molar-refractivity contribution < 1.29 is 4.74 Å². The second-order valence-electron chi connectivity index (χ2n) is 5.12. The van der Waals surface area contributed by atoms with E-state index in [-0.39, 0.29) is 0 Å². The Morgan fingerprint density at radius 3 is 2.57 bits per heavy atom. The van der Waals surface area contributed by atoms with Crippen molar-refractivity contribution >= 4 is 11.6 Å². The molecule has 0 aliphatic heterocycles. The van der Waals surface area contributed by atoms with Crippen molar-refractivity contribution in [3.63, 3.8) is 0 Å². The molecule has 0 unspecified atom stereocenters. The van der Waals surface area contributed by atoms with Gasteiger partial charge in [-0.3, -0.25) is 0 Å². The zero-order valence-electron chi connectivity index (χ0n) is 12.6. The molecule has 0 aliphatic rings. The number of hydrogen-bond acceptors (Lipinski definition) is 4. The van der Waals surface area contributed by atoms with Gasteiger partial charge in [0.1, 0.15) is 5.75 Å². The van der Waals surface area contributed by atoms with Gasteiger partial charge in [0.2, 0.25) is 0 Å². The lowest BCUT2D eigenvalue weighted by Crippen LogP contribution is -2.21. The van der Waals surface area contributed by atoms with E-state index in [1.807, 2.05) is 18.2 Å². The Bertz CT molecular complexity index is 585. The molecule has 5 heteroatoms. The average molecular weight is 306 g/mol. The lowest BCUT2D eigenvalue weighted by atomic mass is 10.1. The minimum absolute atomic E-state index is 0.340. The van der Waals surface area contributed by atoms with Crippen LogP contribution >= 0.6 is 11.6 Å². The van der Waals surface area contributed by atoms with Gasteiger partial charge >= 0.3 is 6.01 Å². The third-order valence-electron chi connectivity index (χ3n) is 3.00. The van der Waals surface area contributed by atoms with Crippen LogP contribution in [0.1, 0.15) is 31.9 Å². The smallest absolute Gasteiger partial charge is 0.321 e. The standard InChI is InChI=1S/C16H20ClN3O/c1-4-13-7-14(5-6-15(13)17)21-16-19-9-12(10-20-16)8-18-11(2)3/h5-7,9-11,18H,4,8H2,1-3H3. The maximum Gasteiger partial charge on any atom is 0.321 e. The first-order chi connectivity index (χ1) is 10.1. The fourth-order valence-corrected chi connectivity index (χ4v) is 2.05. The number of ether oxygens (including phenoxy) is 1. The highest BCUT2D eigenvalue weighted by atomic mass is 35.5. The van der Waals surface area contributed by atoms with Crippen LogP contribution in [-0.2, 0) is 13.0 Å². The van der Waals surface area contributed by atoms with E-state index in [1.54, 1.807) is 12.4 Å². The van der Waals surface area contributed by atoms with Gasteiger partial charge in [-0.1, -0.05) is 32.4 Å². The highest BCUT2D eigenvalue weighted by Gasteiger charge is 2.05. The number of rotatable bonds is 6. The largest absolute Gasteiger partial charge is 0.424 e. The van der Waals surface area contributed by atoms with E-state index < -0.39 is 0 Å². The van der Waals surface area contributed by atoms with Gasteiger partial charge < -0.3 is 10.1 Å². The van der Waals surface area contributed by atoms with E-state index in [0.717, 1.165) is 29.1 Å². The molecule has 1 N–H and O–H groups in total. The lowest BCUT2D eigenvalue weighted by Gasteiger charge is -2.09. The molecule has 4 nitrogen and oxygen atoms in total. The zero-order chi connectivity index (χ0) is 15.2. The first-order valence-electron chi connectivity index (χ1n) is 7.09. The highest BCUT2D eigenvalue weighted by Crippen LogP contribution is 2.25. The maximum absolute atomic E-state index is 6.09. The molecule has 21 heavy (non-hydrogen) atoms. The van der Waals surface area contributed by atoms with E-state index in [4.69, 9.17) is 16.3 Å². The molecule has 0 atom stereocenters. The Hall–Kier alpha value is -1.65. The molecule has 112 valence electrons. The third-order valence-corrected chi connectivity index (χ3v) is 3.37. The number of nitrogens with one attached hydrogen (secondary N) is 1. The maximum atomic E-state index is 6.09. The molecule has 0 saturated heterocycles. The summed E-state index contributed by atoms with van der Waals surface area (Å²) in [6, 6.07) is 6.34. The van der Waals surface area contributed by atoms with Crippen LogP contribution in [0.5, 0.6) is 11.8 Å². The number of halogens is 1. The predicted molar refractivity (Wildman–Crippen MR) is 84.9 cm³/mol. The zero-order valence-corrected chi connectivity index (χ0v) is 13.3. The molecular formula is C16H20ClN3O. The third kappa shape index (κ3) is 4.69. The quantitative estimate of drug-likeness (QED) is 0.877. The Kier molecular flexibility index (Phi) is 5.53. The summed E-state index contributed by atoms with van der Waals surface area (Å²) >= 11 is 6.09. The van der Waals surface area contributed by atoms with Gasteiger partial charge in [-0.05, 0) is 30.2 Å². The van der Waals surface area contributed by atoms with Crippen LogP contribution in [0, 0.1) is 0 Å². The van der Waals surface area contributed by atoms with Crippen molar-refractivity contribution in [2.24, 2.45) is 0 Å². The summed E-state index contributed by atoms with van der Waals surface area (Å²) in [7, 11) is 0. The van der Waals surface area contributed by atoms with Gasteiger partial charge in [0.15, 0.2) is 0 Å². The van der Waals surface area contributed by atoms with Crippen LogP contribution in [0.3, 0.4) is 0 Å². The Labute approximate surface area is 130 Å². The monoisotopic (exact) mass is 305 g/mol. The van der Waals surface area contributed by atoms with E-state index in [0.29, 0.717) is 17.8 Å². The van der Waals surface area contributed by atoms with E-state index in [1.165, 1.54) is 0 Å². The molecule has 0 amide bonds. The topological polar surface area (TPSA) is 47.0 Å². The fraction of sp³-hybridized carbons (Fsp3) is 0.375. The van der Waals surface area contributed by atoms with Gasteiger partial charge in [0, 0.05) is 35.6 Å². The molecule has 1 heterocycles. The molecule has 0 bridgehead atoms. The van der Waals surface area contributed by atoms with E-state index >= 15 is 0 Å². The van der Waals surface area contributed by atoms with Crippen LogP contribution in [0.4, 0.5) is 0 Å². The molecule has 0 spiro atoms. The summed E-state index contributed by atoms with van der Waals surface area (Å²) in [5, 5.41) is 4.07. The molecule has 0 aliphatic carbocycles. The summed E-state index contributed by atoms with van der Waals surface area (Å²) in [6.07, 6.45) is 4.40. The van der Waals surface area contributed by atoms with Crippen molar-refractivity contribution in [3.8, 4) is 11.8 Å². The number of aryl methyl sites for hydroxylation is 1. The van der Waals surface area contributed by atoms with Crippen LogP contribution in [-0.4, -0.2) is 16.0 Å².